The smallest absolute Gasteiger partial charge is 0.0547 e. The van der Waals surface area contributed by atoms with Gasteiger partial charge in [0, 0.05) is 21.1 Å². The van der Waals surface area contributed by atoms with Gasteiger partial charge in [0.05, 0.1) is 16.7 Å². The van der Waals surface area contributed by atoms with Crippen LogP contribution in [0.2, 0.25) is 0 Å². The van der Waals surface area contributed by atoms with Gasteiger partial charge in [0.25, 0.3) is 0 Å². The van der Waals surface area contributed by atoms with Crippen LogP contribution in [0, 0.1) is 6.92 Å². The van der Waals surface area contributed by atoms with Crippen LogP contribution < -0.4 is 0 Å². The van der Waals surface area contributed by atoms with Crippen LogP contribution in [0.5, 0.6) is 0 Å². The molecule has 6 aromatic carbocycles. The van der Waals surface area contributed by atoms with Gasteiger partial charge in [0.15, 0.2) is 0 Å². The number of nitrogens with zero attached hydrogens (tertiary/aromatic N) is 1. The first-order valence-corrected chi connectivity index (χ1v) is 13.0. The summed E-state index contributed by atoms with van der Waals surface area (Å²) in [6, 6.07) is 45.7. The fourth-order valence-corrected chi connectivity index (χ4v) is 6.07. The number of aryl methyl sites for hydroxylation is 1. The van der Waals surface area contributed by atoms with Crippen molar-refractivity contribution in [3.8, 4) is 27.9 Å². The third-order valence-electron chi connectivity index (χ3n) is 7.46. The molecule has 7 aromatic rings. The molecule has 0 atom stereocenters. The standard InChI is InChI=1S/C35H25NS/c1-23-10-2-4-13-26(23)31-17-9-16-28(35(31)37)25-20-21-30-29-15-6-7-18-33(29)36(34(30)22-25)32-19-8-12-24-11-3-5-14-27(24)32/h2-22,37H,1H3. The van der Waals surface area contributed by atoms with E-state index in [1.807, 2.05) is 0 Å². The van der Waals surface area contributed by atoms with E-state index < -0.39 is 0 Å². The van der Waals surface area contributed by atoms with Gasteiger partial charge < -0.3 is 4.57 Å². The molecule has 0 amide bonds. The summed E-state index contributed by atoms with van der Waals surface area (Å²) in [5, 5.41) is 5.00. The van der Waals surface area contributed by atoms with E-state index in [4.69, 9.17) is 12.6 Å². The third kappa shape index (κ3) is 3.48. The first kappa shape index (κ1) is 22.0. The van der Waals surface area contributed by atoms with Gasteiger partial charge in [-0.2, -0.15) is 0 Å². The van der Waals surface area contributed by atoms with E-state index in [1.165, 1.54) is 49.4 Å². The number of benzene rings is 6. The second-order valence-corrected chi connectivity index (χ2v) is 10.0. The lowest BCUT2D eigenvalue weighted by Gasteiger charge is -2.14. The van der Waals surface area contributed by atoms with Gasteiger partial charge in [-0.25, -0.2) is 0 Å². The first-order chi connectivity index (χ1) is 18.2. The van der Waals surface area contributed by atoms with Crippen LogP contribution in [0.4, 0.5) is 0 Å². The van der Waals surface area contributed by atoms with Crippen molar-refractivity contribution in [3.63, 3.8) is 0 Å². The highest BCUT2D eigenvalue weighted by Crippen LogP contribution is 2.40. The SMILES string of the molecule is Cc1ccccc1-c1cccc(-c2ccc3c4ccccc4n(-c4cccc5ccccc45)c3c2)c1S. The van der Waals surface area contributed by atoms with Gasteiger partial charge in [-0.15, -0.1) is 12.6 Å². The van der Waals surface area contributed by atoms with Crippen molar-refractivity contribution in [2.75, 3.05) is 0 Å². The molecule has 7 rings (SSSR count). The molecule has 0 radical (unpaired) electrons. The van der Waals surface area contributed by atoms with Crippen LogP contribution in [0.3, 0.4) is 0 Å². The average molecular weight is 492 g/mol. The highest BCUT2D eigenvalue weighted by molar-refractivity contribution is 7.80. The molecular formula is C35H25NS. The molecular weight excluding hydrogens is 466 g/mol. The topological polar surface area (TPSA) is 4.93 Å². The van der Waals surface area contributed by atoms with E-state index in [0.717, 1.165) is 21.6 Å². The van der Waals surface area contributed by atoms with E-state index in [1.54, 1.807) is 0 Å². The van der Waals surface area contributed by atoms with E-state index in [-0.39, 0.29) is 0 Å². The van der Waals surface area contributed by atoms with Crippen molar-refractivity contribution < 1.29 is 0 Å². The van der Waals surface area contributed by atoms with Gasteiger partial charge in [-0.1, -0.05) is 109 Å². The maximum Gasteiger partial charge on any atom is 0.0547 e. The molecule has 2 heteroatoms. The summed E-state index contributed by atoms with van der Waals surface area (Å²) < 4.78 is 2.42. The molecule has 0 saturated heterocycles. The van der Waals surface area contributed by atoms with Gasteiger partial charge in [0.2, 0.25) is 0 Å². The molecule has 0 aliphatic carbocycles. The largest absolute Gasteiger partial charge is 0.309 e. The summed E-state index contributed by atoms with van der Waals surface area (Å²) in [6.45, 7) is 2.16. The Balaban J connectivity index is 1.51. The molecule has 1 heterocycles. The van der Waals surface area contributed by atoms with Crippen molar-refractivity contribution in [2.24, 2.45) is 0 Å². The summed E-state index contributed by atoms with van der Waals surface area (Å²) in [5.74, 6) is 0. The maximum atomic E-state index is 5.06. The number of fused-ring (bicyclic) bond motifs is 4. The zero-order valence-corrected chi connectivity index (χ0v) is 21.4. The van der Waals surface area contributed by atoms with Crippen molar-refractivity contribution in [1.82, 2.24) is 4.57 Å². The number of para-hydroxylation sites is 1. The molecule has 0 saturated carbocycles. The molecule has 0 bridgehead atoms. The van der Waals surface area contributed by atoms with Crippen LogP contribution in [0.25, 0.3) is 60.5 Å². The first-order valence-electron chi connectivity index (χ1n) is 12.6. The fraction of sp³-hybridized carbons (Fsp3) is 0.0286. The van der Waals surface area contributed by atoms with Crippen molar-refractivity contribution in [1.29, 1.82) is 0 Å². The molecule has 0 N–H and O–H groups in total. The Morgan fingerprint density at radius 2 is 1.16 bits per heavy atom. The van der Waals surface area contributed by atoms with Crippen LogP contribution in [-0.2, 0) is 0 Å². The fourth-order valence-electron chi connectivity index (χ4n) is 5.67. The predicted molar refractivity (Wildman–Crippen MR) is 161 cm³/mol. The lowest BCUT2D eigenvalue weighted by molar-refractivity contribution is 1.20. The number of rotatable bonds is 3. The lowest BCUT2D eigenvalue weighted by atomic mass is 9.95. The molecule has 37 heavy (non-hydrogen) atoms. The molecule has 0 aliphatic heterocycles. The van der Waals surface area contributed by atoms with E-state index in [0.29, 0.717) is 0 Å². The van der Waals surface area contributed by atoms with E-state index >= 15 is 0 Å². The van der Waals surface area contributed by atoms with Gasteiger partial charge in [-0.3, -0.25) is 0 Å². The summed E-state index contributed by atoms with van der Waals surface area (Å²) in [5.41, 5.74) is 9.55. The molecule has 0 unspecified atom stereocenters. The minimum Gasteiger partial charge on any atom is -0.309 e. The number of thiol groups is 1. The van der Waals surface area contributed by atoms with Gasteiger partial charge in [-0.05, 0) is 58.3 Å². The Hall–Kier alpha value is -4.27. The van der Waals surface area contributed by atoms with Crippen molar-refractivity contribution in [3.05, 3.63) is 133 Å². The Labute approximate surface area is 222 Å². The summed E-state index contributed by atoms with van der Waals surface area (Å²) in [6.07, 6.45) is 0. The van der Waals surface area contributed by atoms with Crippen LogP contribution in [-0.4, -0.2) is 4.57 Å². The Kier molecular flexibility index (Phi) is 5.16. The summed E-state index contributed by atoms with van der Waals surface area (Å²) in [4.78, 5) is 1.00. The number of aromatic nitrogens is 1. The van der Waals surface area contributed by atoms with E-state index in [9.17, 15) is 0 Å². The second-order valence-electron chi connectivity index (χ2n) is 9.60. The highest BCUT2D eigenvalue weighted by Gasteiger charge is 2.16. The quantitative estimate of drug-likeness (QED) is 0.235. The predicted octanol–water partition coefficient (Wildman–Crippen LogP) is 9.87. The zero-order valence-electron chi connectivity index (χ0n) is 20.5. The summed E-state index contributed by atoms with van der Waals surface area (Å²) in [7, 11) is 0. The molecule has 176 valence electrons. The monoisotopic (exact) mass is 491 g/mol. The Morgan fingerprint density at radius 3 is 2.05 bits per heavy atom. The normalized spacial score (nSPS) is 11.5. The maximum absolute atomic E-state index is 5.06. The van der Waals surface area contributed by atoms with Crippen LogP contribution in [0.1, 0.15) is 5.56 Å². The van der Waals surface area contributed by atoms with Gasteiger partial charge in [0.1, 0.15) is 0 Å². The zero-order chi connectivity index (χ0) is 24.9. The van der Waals surface area contributed by atoms with Crippen LogP contribution in [0.15, 0.2) is 132 Å². The van der Waals surface area contributed by atoms with E-state index in [2.05, 4.69) is 139 Å². The number of hydrogen-bond donors (Lipinski definition) is 1. The molecule has 1 aromatic heterocycles. The second kappa shape index (κ2) is 8.69. The Morgan fingerprint density at radius 1 is 0.514 bits per heavy atom. The van der Waals surface area contributed by atoms with Crippen molar-refractivity contribution >= 4 is 45.2 Å². The third-order valence-corrected chi connectivity index (χ3v) is 7.95. The summed E-state index contributed by atoms with van der Waals surface area (Å²) >= 11 is 5.06. The average Bonchev–Trinajstić information content (AvgIpc) is 3.27. The Bertz CT molecular complexity index is 1960. The minimum absolute atomic E-state index is 1.00. The van der Waals surface area contributed by atoms with Crippen LogP contribution >= 0.6 is 12.6 Å². The molecule has 0 spiro atoms. The molecule has 0 fully saturated rings. The number of hydrogen-bond acceptors (Lipinski definition) is 1. The molecule has 0 aliphatic rings. The highest BCUT2D eigenvalue weighted by atomic mass is 32.1. The van der Waals surface area contributed by atoms with Crippen molar-refractivity contribution in [2.45, 2.75) is 11.8 Å². The lowest BCUT2D eigenvalue weighted by Crippen LogP contribution is -1.95. The minimum atomic E-state index is 1.00. The van der Waals surface area contributed by atoms with Gasteiger partial charge >= 0.3 is 0 Å². The molecule has 1 nitrogen and oxygen atoms in total.